The Kier molecular flexibility index (Phi) is 6.48. The summed E-state index contributed by atoms with van der Waals surface area (Å²) in [5, 5.41) is 0. The molecule has 3 aromatic rings. The Morgan fingerprint density at radius 2 is 1.77 bits per heavy atom. The van der Waals surface area contributed by atoms with Crippen molar-refractivity contribution < 1.29 is 9.53 Å². The summed E-state index contributed by atoms with van der Waals surface area (Å²) in [5.41, 5.74) is 1.71. The van der Waals surface area contributed by atoms with E-state index in [2.05, 4.69) is 4.90 Å². The third-order valence-electron chi connectivity index (χ3n) is 6.24. The molecule has 0 spiro atoms. The number of benzene rings is 1. The predicted molar refractivity (Wildman–Crippen MR) is 144 cm³/mol. The second kappa shape index (κ2) is 9.56. The Morgan fingerprint density at radius 1 is 1.09 bits per heavy atom. The molecule has 2 aromatic heterocycles. The average Bonchev–Trinajstić information content (AvgIpc) is 3.12. The van der Waals surface area contributed by atoms with Crippen LogP contribution in [0.1, 0.15) is 37.9 Å². The van der Waals surface area contributed by atoms with Crippen LogP contribution in [0.3, 0.4) is 0 Å². The number of carbonyl (C=O) groups excluding carboxylic acids is 1. The standard InChI is InChI=1S/C26H26N4O3S2/c1-16-14-28(15-17(2)33-16)23-20(24(31)29-12-8-7-11-22(29)27-23)13-21-25(32)30(26(34)35-21)18(3)19-9-5-4-6-10-19/h4-13,16-18H,14-15H2,1-3H3/b21-13-/t16-,17-,18+/m0/s1. The van der Waals surface area contributed by atoms with Crippen molar-refractivity contribution in [3.63, 3.8) is 0 Å². The van der Waals surface area contributed by atoms with Crippen LogP contribution >= 0.6 is 24.0 Å². The number of nitrogens with zero attached hydrogens (tertiary/aromatic N) is 4. The van der Waals surface area contributed by atoms with Gasteiger partial charge < -0.3 is 9.64 Å². The minimum atomic E-state index is -0.223. The molecule has 9 heteroatoms. The van der Waals surface area contributed by atoms with Crippen molar-refractivity contribution in [1.29, 1.82) is 0 Å². The normalized spacial score (nSPS) is 22.9. The van der Waals surface area contributed by atoms with E-state index in [1.807, 2.05) is 63.2 Å². The van der Waals surface area contributed by atoms with Gasteiger partial charge in [0.15, 0.2) is 0 Å². The number of morpholine rings is 1. The molecule has 2 aliphatic rings. The van der Waals surface area contributed by atoms with Crippen LogP contribution in [0, 0.1) is 0 Å². The number of rotatable bonds is 4. The average molecular weight is 507 g/mol. The van der Waals surface area contributed by atoms with Crippen molar-refractivity contribution in [3.05, 3.63) is 81.1 Å². The first kappa shape index (κ1) is 23.7. The van der Waals surface area contributed by atoms with Gasteiger partial charge in [-0.25, -0.2) is 4.98 Å². The summed E-state index contributed by atoms with van der Waals surface area (Å²) in [5.74, 6) is 0.355. The number of carbonyl (C=O) groups is 1. The molecule has 2 fully saturated rings. The Bertz CT molecular complexity index is 1380. The van der Waals surface area contributed by atoms with E-state index >= 15 is 0 Å². The molecule has 7 nitrogen and oxygen atoms in total. The number of thiocarbonyl (C=S) groups is 1. The van der Waals surface area contributed by atoms with Crippen LogP contribution in [0.15, 0.2) is 64.4 Å². The number of hydrogen-bond acceptors (Lipinski definition) is 7. The zero-order chi connectivity index (χ0) is 24.7. The molecule has 5 rings (SSSR count). The molecule has 0 bridgehead atoms. The highest BCUT2D eigenvalue weighted by Crippen LogP contribution is 2.38. The Hall–Kier alpha value is -3.01. The van der Waals surface area contributed by atoms with Crippen LogP contribution < -0.4 is 10.5 Å². The topological polar surface area (TPSA) is 67.2 Å². The molecule has 3 atom stereocenters. The molecule has 0 saturated carbocycles. The molecule has 2 saturated heterocycles. The molecule has 1 aromatic carbocycles. The lowest BCUT2D eigenvalue weighted by Gasteiger charge is -2.36. The minimum absolute atomic E-state index is 0.00689. The van der Waals surface area contributed by atoms with Gasteiger partial charge in [-0.2, -0.15) is 0 Å². The monoisotopic (exact) mass is 506 g/mol. The molecule has 35 heavy (non-hydrogen) atoms. The van der Waals surface area contributed by atoms with E-state index < -0.39 is 0 Å². The van der Waals surface area contributed by atoms with E-state index in [-0.39, 0.29) is 29.7 Å². The van der Waals surface area contributed by atoms with E-state index in [0.29, 0.717) is 39.3 Å². The smallest absolute Gasteiger partial charge is 0.267 e. The SMILES string of the molecule is C[C@H](c1ccccc1)N1C(=O)/C(=C/c2c(N3C[C@H](C)O[C@@H](C)C3)nc3ccccn3c2=O)SC1=S. The first-order valence-electron chi connectivity index (χ1n) is 11.6. The van der Waals surface area contributed by atoms with Crippen LogP contribution in [0.2, 0.25) is 0 Å². The van der Waals surface area contributed by atoms with E-state index in [9.17, 15) is 9.59 Å². The van der Waals surface area contributed by atoms with Crippen LogP contribution in [0.5, 0.6) is 0 Å². The summed E-state index contributed by atoms with van der Waals surface area (Å²) < 4.78 is 7.88. The predicted octanol–water partition coefficient (Wildman–Crippen LogP) is 4.27. The zero-order valence-electron chi connectivity index (χ0n) is 19.7. The summed E-state index contributed by atoms with van der Waals surface area (Å²) in [7, 11) is 0. The van der Waals surface area contributed by atoms with Crippen LogP contribution in [-0.4, -0.2) is 49.8 Å². The van der Waals surface area contributed by atoms with Gasteiger partial charge in [-0.05, 0) is 44.5 Å². The summed E-state index contributed by atoms with van der Waals surface area (Å²) in [4.78, 5) is 36.1. The number of amides is 1. The summed E-state index contributed by atoms with van der Waals surface area (Å²) in [6, 6.07) is 15.0. The first-order valence-corrected chi connectivity index (χ1v) is 12.8. The highest BCUT2D eigenvalue weighted by molar-refractivity contribution is 8.26. The molecule has 0 aliphatic carbocycles. The fourth-order valence-corrected chi connectivity index (χ4v) is 6.03. The maximum Gasteiger partial charge on any atom is 0.267 e. The van der Waals surface area contributed by atoms with Gasteiger partial charge in [0.1, 0.15) is 15.8 Å². The van der Waals surface area contributed by atoms with Crippen molar-refractivity contribution >= 4 is 51.7 Å². The highest BCUT2D eigenvalue weighted by Gasteiger charge is 2.37. The second-order valence-corrected chi connectivity index (χ2v) is 10.6. The summed E-state index contributed by atoms with van der Waals surface area (Å²) >= 11 is 6.81. The van der Waals surface area contributed by atoms with Gasteiger partial charge >= 0.3 is 0 Å². The van der Waals surface area contributed by atoms with Crippen molar-refractivity contribution in [3.8, 4) is 0 Å². The number of fused-ring (bicyclic) bond motifs is 1. The second-order valence-electron chi connectivity index (χ2n) is 8.88. The van der Waals surface area contributed by atoms with Gasteiger partial charge in [0.25, 0.3) is 11.5 Å². The van der Waals surface area contributed by atoms with Crippen LogP contribution in [0.25, 0.3) is 11.7 Å². The maximum absolute atomic E-state index is 13.6. The highest BCUT2D eigenvalue weighted by atomic mass is 32.2. The van der Waals surface area contributed by atoms with Crippen molar-refractivity contribution in [2.45, 2.75) is 39.0 Å². The Balaban J connectivity index is 1.59. The zero-order valence-corrected chi connectivity index (χ0v) is 21.4. The van der Waals surface area contributed by atoms with Gasteiger partial charge in [0, 0.05) is 19.3 Å². The lowest BCUT2D eigenvalue weighted by atomic mass is 10.1. The van der Waals surface area contributed by atoms with E-state index in [0.717, 1.165) is 5.56 Å². The molecule has 2 aliphatic heterocycles. The lowest BCUT2D eigenvalue weighted by molar-refractivity contribution is -0.123. The van der Waals surface area contributed by atoms with E-state index in [1.54, 1.807) is 23.2 Å². The quantitative estimate of drug-likeness (QED) is 0.387. The number of hydrogen-bond donors (Lipinski definition) is 0. The fraction of sp³-hybridized carbons (Fsp3) is 0.308. The van der Waals surface area contributed by atoms with Crippen molar-refractivity contribution in [2.75, 3.05) is 18.0 Å². The molecule has 1 amide bonds. The molecule has 0 unspecified atom stereocenters. The molecule has 0 N–H and O–H groups in total. The largest absolute Gasteiger partial charge is 0.372 e. The third kappa shape index (κ3) is 4.51. The number of ether oxygens (including phenoxy) is 1. The maximum atomic E-state index is 13.6. The van der Waals surface area contributed by atoms with Gasteiger partial charge in [-0.15, -0.1) is 0 Å². The number of aromatic nitrogens is 2. The molecular weight excluding hydrogens is 480 g/mol. The minimum Gasteiger partial charge on any atom is -0.372 e. The van der Waals surface area contributed by atoms with E-state index in [4.69, 9.17) is 21.9 Å². The Morgan fingerprint density at radius 3 is 2.49 bits per heavy atom. The van der Waals surface area contributed by atoms with Crippen molar-refractivity contribution in [1.82, 2.24) is 14.3 Å². The summed E-state index contributed by atoms with van der Waals surface area (Å²) in [6.45, 7) is 7.18. The van der Waals surface area contributed by atoms with Crippen LogP contribution in [-0.2, 0) is 9.53 Å². The molecular formula is C26H26N4O3S2. The van der Waals surface area contributed by atoms with Crippen LogP contribution in [0.4, 0.5) is 5.82 Å². The van der Waals surface area contributed by atoms with Crippen molar-refractivity contribution in [2.24, 2.45) is 0 Å². The molecule has 180 valence electrons. The summed E-state index contributed by atoms with van der Waals surface area (Å²) in [6.07, 6.45) is 3.34. The number of thioether (sulfide) groups is 1. The first-order chi connectivity index (χ1) is 16.8. The lowest BCUT2D eigenvalue weighted by Crippen LogP contribution is -2.46. The van der Waals surface area contributed by atoms with Gasteiger partial charge in [0.2, 0.25) is 0 Å². The van der Waals surface area contributed by atoms with Gasteiger partial charge in [0.05, 0.1) is 28.7 Å². The Labute approximate surface area is 213 Å². The fourth-order valence-electron chi connectivity index (χ4n) is 4.63. The molecule has 4 heterocycles. The molecule has 0 radical (unpaired) electrons. The third-order valence-corrected chi connectivity index (χ3v) is 7.57. The number of pyridine rings is 1. The van der Waals surface area contributed by atoms with Gasteiger partial charge in [-0.1, -0.05) is 60.4 Å². The number of anilines is 1. The van der Waals surface area contributed by atoms with Gasteiger partial charge in [-0.3, -0.25) is 18.9 Å². The van der Waals surface area contributed by atoms with E-state index in [1.165, 1.54) is 16.2 Å².